The Morgan fingerprint density at radius 3 is 2.50 bits per heavy atom. The number of hydrogen-bond donors (Lipinski definition) is 2. The maximum atomic E-state index is 11.2. The SMILES string of the molecule is Cc1ccc(NC(=O)OCCC(=O)O)cc1. The van der Waals surface area contributed by atoms with E-state index in [0.29, 0.717) is 5.69 Å². The summed E-state index contributed by atoms with van der Waals surface area (Å²) in [5, 5.41) is 10.8. The van der Waals surface area contributed by atoms with E-state index in [1.54, 1.807) is 12.1 Å². The van der Waals surface area contributed by atoms with E-state index in [9.17, 15) is 9.59 Å². The van der Waals surface area contributed by atoms with Gasteiger partial charge in [-0.2, -0.15) is 0 Å². The van der Waals surface area contributed by atoms with Gasteiger partial charge < -0.3 is 9.84 Å². The molecule has 1 amide bonds. The second-order valence-electron chi connectivity index (χ2n) is 3.27. The molecule has 0 aromatic heterocycles. The minimum absolute atomic E-state index is 0.132. The third kappa shape index (κ3) is 4.45. The Labute approximate surface area is 93.0 Å². The summed E-state index contributed by atoms with van der Waals surface area (Å²) in [5.41, 5.74) is 1.70. The fourth-order valence-corrected chi connectivity index (χ4v) is 1.02. The molecule has 0 radical (unpaired) electrons. The summed E-state index contributed by atoms with van der Waals surface area (Å²) in [6.07, 6.45) is -0.841. The Kier molecular flexibility index (Phi) is 4.32. The Morgan fingerprint density at radius 2 is 1.94 bits per heavy atom. The number of carbonyl (C=O) groups excluding carboxylic acids is 1. The number of carboxylic acids is 1. The second kappa shape index (κ2) is 5.75. The molecule has 0 heterocycles. The topological polar surface area (TPSA) is 75.6 Å². The molecule has 0 aliphatic carbocycles. The lowest BCUT2D eigenvalue weighted by Gasteiger charge is -2.05. The van der Waals surface area contributed by atoms with Gasteiger partial charge in [0.15, 0.2) is 0 Å². The maximum Gasteiger partial charge on any atom is 0.411 e. The van der Waals surface area contributed by atoms with Crippen LogP contribution in [0.1, 0.15) is 12.0 Å². The first kappa shape index (κ1) is 12.0. The minimum Gasteiger partial charge on any atom is -0.481 e. The molecule has 2 N–H and O–H groups in total. The summed E-state index contributed by atoms with van der Waals surface area (Å²) >= 11 is 0. The van der Waals surface area contributed by atoms with Crippen molar-refractivity contribution in [1.82, 2.24) is 0 Å². The third-order valence-electron chi connectivity index (χ3n) is 1.85. The number of carboxylic acid groups (broad SMARTS) is 1. The fraction of sp³-hybridized carbons (Fsp3) is 0.273. The highest BCUT2D eigenvalue weighted by molar-refractivity contribution is 5.84. The average molecular weight is 223 g/mol. The van der Waals surface area contributed by atoms with Crippen LogP contribution in [0.25, 0.3) is 0 Å². The van der Waals surface area contributed by atoms with E-state index < -0.39 is 12.1 Å². The van der Waals surface area contributed by atoms with Crippen molar-refractivity contribution in [3.63, 3.8) is 0 Å². The van der Waals surface area contributed by atoms with E-state index in [0.717, 1.165) is 5.56 Å². The molecule has 0 bridgehead atoms. The van der Waals surface area contributed by atoms with Crippen LogP contribution in [-0.2, 0) is 9.53 Å². The molecule has 1 aromatic rings. The predicted molar refractivity (Wildman–Crippen MR) is 58.4 cm³/mol. The molecule has 86 valence electrons. The van der Waals surface area contributed by atoms with Gasteiger partial charge in [0.2, 0.25) is 0 Å². The zero-order valence-electron chi connectivity index (χ0n) is 8.90. The summed E-state index contributed by atoms with van der Waals surface area (Å²) in [6, 6.07) is 7.20. The lowest BCUT2D eigenvalue weighted by Crippen LogP contribution is -2.15. The first-order chi connectivity index (χ1) is 7.58. The number of rotatable bonds is 4. The highest BCUT2D eigenvalue weighted by Gasteiger charge is 2.04. The quantitative estimate of drug-likeness (QED) is 0.818. The molecule has 0 unspecified atom stereocenters. The number of nitrogens with one attached hydrogen (secondary N) is 1. The molecule has 16 heavy (non-hydrogen) atoms. The van der Waals surface area contributed by atoms with Crippen molar-refractivity contribution in [2.75, 3.05) is 11.9 Å². The molecule has 0 fully saturated rings. The molecular weight excluding hydrogens is 210 g/mol. The number of aliphatic carboxylic acids is 1. The van der Waals surface area contributed by atoms with Crippen LogP contribution >= 0.6 is 0 Å². The van der Waals surface area contributed by atoms with E-state index in [-0.39, 0.29) is 13.0 Å². The smallest absolute Gasteiger partial charge is 0.411 e. The van der Waals surface area contributed by atoms with Gasteiger partial charge in [-0.25, -0.2) is 4.79 Å². The zero-order valence-corrected chi connectivity index (χ0v) is 8.90. The van der Waals surface area contributed by atoms with Gasteiger partial charge in [0, 0.05) is 5.69 Å². The van der Waals surface area contributed by atoms with Crippen molar-refractivity contribution in [3.8, 4) is 0 Å². The van der Waals surface area contributed by atoms with Crippen LogP contribution in [0.4, 0.5) is 10.5 Å². The first-order valence-electron chi connectivity index (χ1n) is 4.80. The highest BCUT2D eigenvalue weighted by atomic mass is 16.5. The molecule has 1 aromatic carbocycles. The number of aryl methyl sites for hydroxylation is 1. The van der Waals surface area contributed by atoms with Crippen molar-refractivity contribution in [1.29, 1.82) is 0 Å². The van der Waals surface area contributed by atoms with Gasteiger partial charge >= 0.3 is 12.1 Å². The van der Waals surface area contributed by atoms with E-state index in [2.05, 4.69) is 10.1 Å². The Bertz CT molecular complexity index is 372. The molecule has 0 aliphatic rings. The lowest BCUT2D eigenvalue weighted by atomic mass is 10.2. The van der Waals surface area contributed by atoms with Crippen LogP contribution in [0.15, 0.2) is 24.3 Å². The van der Waals surface area contributed by atoms with Crippen LogP contribution in [0.2, 0.25) is 0 Å². The summed E-state index contributed by atoms with van der Waals surface area (Å²) in [4.78, 5) is 21.3. The summed E-state index contributed by atoms with van der Waals surface area (Å²) in [5.74, 6) is -0.997. The van der Waals surface area contributed by atoms with Crippen molar-refractivity contribution < 1.29 is 19.4 Å². The van der Waals surface area contributed by atoms with E-state index in [1.165, 1.54) is 0 Å². The second-order valence-corrected chi connectivity index (χ2v) is 3.27. The molecular formula is C11H13NO4. The molecule has 5 heteroatoms. The third-order valence-corrected chi connectivity index (χ3v) is 1.85. The van der Waals surface area contributed by atoms with Gasteiger partial charge in [0.05, 0.1) is 6.42 Å². The Balaban J connectivity index is 2.34. The summed E-state index contributed by atoms with van der Waals surface area (Å²) in [7, 11) is 0. The number of hydrogen-bond acceptors (Lipinski definition) is 3. The zero-order chi connectivity index (χ0) is 12.0. The van der Waals surface area contributed by atoms with Crippen molar-refractivity contribution in [2.45, 2.75) is 13.3 Å². The summed E-state index contributed by atoms with van der Waals surface area (Å²) < 4.78 is 4.66. The number of amides is 1. The predicted octanol–water partition coefficient (Wildman–Crippen LogP) is 2.02. The van der Waals surface area contributed by atoms with Crippen LogP contribution in [0, 0.1) is 6.92 Å². The Morgan fingerprint density at radius 1 is 1.31 bits per heavy atom. The standard InChI is InChI=1S/C11H13NO4/c1-8-2-4-9(5-3-8)12-11(15)16-7-6-10(13)14/h2-5H,6-7H2,1H3,(H,12,15)(H,13,14). The molecule has 0 saturated carbocycles. The normalized spacial score (nSPS) is 9.56. The number of benzene rings is 1. The molecule has 1 rings (SSSR count). The van der Waals surface area contributed by atoms with Crippen molar-refractivity contribution >= 4 is 17.7 Å². The molecule has 0 spiro atoms. The van der Waals surface area contributed by atoms with Gasteiger partial charge in [-0.15, -0.1) is 0 Å². The van der Waals surface area contributed by atoms with Crippen LogP contribution in [0.3, 0.4) is 0 Å². The summed E-state index contributed by atoms with van der Waals surface area (Å²) in [6.45, 7) is 1.81. The largest absolute Gasteiger partial charge is 0.481 e. The number of carbonyl (C=O) groups is 2. The van der Waals surface area contributed by atoms with Gasteiger partial charge in [0.1, 0.15) is 6.61 Å². The first-order valence-corrected chi connectivity index (χ1v) is 4.80. The number of anilines is 1. The number of ether oxygens (including phenoxy) is 1. The molecule has 0 aliphatic heterocycles. The van der Waals surface area contributed by atoms with E-state index in [1.807, 2.05) is 19.1 Å². The molecule has 0 saturated heterocycles. The van der Waals surface area contributed by atoms with Gasteiger partial charge in [-0.1, -0.05) is 17.7 Å². The van der Waals surface area contributed by atoms with Gasteiger partial charge in [0.25, 0.3) is 0 Å². The maximum absolute atomic E-state index is 11.2. The van der Waals surface area contributed by atoms with Crippen LogP contribution in [0.5, 0.6) is 0 Å². The van der Waals surface area contributed by atoms with Crippen molar-refractivity contribution in [2.24, 2.45) is 0 Å². The molecule has 5 nitrogen and oxygen atoms in total. The fourth-order valence-electron chi connectivity index (χ4n) is 1.02. The van der Waals surface area contributed by atoms with Crippen molar-refractivity contribution in [3.05, 3.63) is 29.8 Å². The monoisotopic (exact) mass is 223 g/mol. The average Bonchev–Trinajstić information content (AvgIpc) is 2.21. The minimum atomic E-state index is -0.997. The highest BCUT2D eigenvalue weighted by Crippen LogP contribution is 2.08. The van der Waals surface area contributed by atoms with Crippen LogP contribution < -0.4 is 5.32 Å². The van der Waals surface area contributed by atoms with Gasteiger partial charge in [-0.05, 0) is 19.1 Å². The van der Waals surface area contributed by atoms with Crippen LogP contribution in [-0.4, -0.2) is 23.8 Å². The van der Waals surface area contributed by atoms with E-state index >= 15 is 0 Å². The lowest BCUT2D eigenvalue weighted by molar-refractivity contribution is -0.137. The van der Waals surface area contributed by atoms with E-state index in [4.69, 9.17) is 5.11 Å². The molecule has 0 atom stereocenters. The Hall–Kier alpha value is -2.04. The van der Waals surface area contributed by atoms with Gasteiger partial charge in [-0.3, -0.25) is 10.1 Å².